The molecule has 2 rings (SSSR count). The molecule has 0 spiro atoms. The molecule has 1 aromatic heterocycles. The molecule has 0 amide bonds. The summed E-state index contributed by atoms with van der Waals surface area (Å²) in [5.41, 5.74) is 2.71. The lowest BCUT2D eigenvalue weighted by Crippen LogP contribution is -2.26. The summed E-state index contributed by atoms with van der Waals surface area (Å²) in [4.78, 5) is 2.47. The molecule has 1 heterocycles. The van der Waals surface area contributed by atoms with Crippen molar-refractivity contribution >= 4 is 10.9 Å². The summed E-state index contributed by atoms with van der Waals surface area (Å²) in [6.07, 6.45) is 2.22. The Balaban J connectivity index is 2.11. The van der Waals surface area contributed by atoms with E-state index in [9.17, 15) is 0 Å². The lowest BCUT2D eigenvalue weighted by molar-refractivity contribution is 0.292. The van der Waals surface area contributed by atoms with Gasteiger partial charge in [-0.25, -0.2) is 0 Å². The van der Waals surface area contributed by atoms with Gasteiger partial charge in [-0.15, -0.1) is 0 Å². The zero-order valence-corrected chi connectivity index (χ0v) is 13.9. The van der Waals surface area contributed by atoms with Crippen LogP contribution < -0.4 is 5.32 Å². The van der Waals surface area contributed by atoms with Crippen LogP contribution in [0.1, 0.15) is 33.3 Å². The Labute approximate surface area is 128 Å². The van der Waals surface area contributed by atoms with Crippen LogP contribution in [0.4, 0.5) is 0 Å². The zero-order chi connectivity index (χ0) is 15.2. The van der Waals surface area contributed by atoms with Crippen LogP contribution in [-0.2, 0) is 13.1 Å². The quantitative estimate of drug-likeness (QED) is 0.802. The summed E-state index contributed by atoms with van der Waals surface area (Å²) < 4.78 is 2.38. The van der Waals surface area contributed by atoms with Crippen LogP contribution in [0.5, 0.6) is 0 Å². The van der Waals surface area contributed by atoms with E-state index in [1.54, 1.807) is 0 Å². The second-order valence-corrected chi connectivity index (χ2v) is 5.96. The van der Waals surface area contributed by atoms with Crippen molar-refractivity contribution in [2.45, 2.75) is 46.8 Å². The number of benzene rings is 1. The first kappa shape index (κ1) is 16.1. The van der Waals surface area contributed by atoms with E-state index < -0.39 is 0 Å². The van der Waals surface area contributed by atoms with Crippen molar-refractivity contribution < 1.29 is 0 Å². The van der Waals surface area contributed by atoms with E-state index in [1.807, 2.05) is 0 Å². The van der Waals surface area contributed by atoms with Crippen molar-refractivity contribution in [3.05, 3.63) is 36.0 Å². The lowest BCUT2D eigenvalue weighted by Gasteiger charge is -2.18. The molecule has 2 aromatic rings. The third-order valence-electron chi connectivity index (χ3n) is 4.10. The van der Waals surface area contributed by atoms with E-state index >= 15 is 0 Å². The van der Waals surface area contributed by atoms with Gasteiger partial charge in [0, 0.05) is 37.4 Å². The molecule has 0 aliphatic heterocycles. The fourth-order valence-corrected chi connectivity index (χ4v) is 2.65. The van der Waals surface area contributed by atoms with Crippen LogP contribution >= 0.6 is 0 Å². The maximum Gasteiger partial charge on any atom is 0.0483 e. The molecule has 0 saturated heterocycles. The number of likely N-dealkylation sites (N-methyl/N-ethyl adjacent to an activating group) is 1. The van der Waals surface area contributed by atoms with Gasteiger partial charge in [-0.2, -0.15) is 0 Å². The summed E-state index contributed by atoms with van der Waals surface area (Å²) in [6, 6.07) is 9.53. The van der Waals surface area contributed by atoms with E-state index in [-0.39, 0.29) is 0 Å². The Kier molecular flexibility index (Phi) is 5.83. The van der Waals surface area contributed by atoms with Crippen molar-refractivity contribution in [3.8, 4) is 0 Å². The minimum atomic E-state index is 0.523. The third-order valence-corrected chi connectivity index (χ3v) is 4.10. The minimum absolute atomic E-state index is 0.523. The van der Waals surface area contributed by atoms with Gasteiger partial charge in [0.2, 0.25) is 0 Å². The fraction of sp³-hybridized carbons (Fsp3) is 0.556. The van der Waals surface area contributed by atoms with E-state index in [0.29, 0.717) is 6.04 Å². The highest BCUT2D eigenvalue weighted by Gasteiger charge is 2.05. The maximum atomic E-state index is 3.49. The Morgan fingerprint density at radius 3 is 2.57 bits per heavy atom. The van der Waals surface area contributed by atoms with Gasteiger partial charge in [0.05, 0.1) is 0 Å². The first-order valence-electron chi connectivity index (χ1n) is 8.17. The molecule has 0 saturated carbocycles. The summed E-state index contributed by atoms with van der Waals surface area (Å²) >= 11 is 0. The van der Waals surface area contributed by atoms with Crippen LogP contribution in [-0.4, -0.2) is 35.1 Å². The van der Waals surface area contributed by atoms with Gasteiger partial charge in [-0.05, 0) is 36.2 Å². The normalized spacial score (nSPS) is 11.9. The molecular weight excluding hydrogens is 258 g/mol. The molecule has 0 fully saturated rings. The first-order chi connectivity index (χ1) is 10.1. The number of hydrogen-bond acceptors (Lipinski definition) is 2. The largest absolute Gasteiger partial charge is 0.346 e. The van der Waals surface area contributed by atoms with E-state index in [0.717, 1.165) is 32.7 Å². The molecule has 3 heteroatoms. The van der Waals surface area contributed by atoms with Crippen LogP contribution in [0.25, 0.3) is 10.9 Å². The summed E-state index contributed by atoms with van der Waals surface area (Å²) in [5.74, 6) is 0. The van der Waals surface area contributed by atoms with E-state index in [2.05, 4.69) is 72.9 Å². The molecule has 0 bridgehead atoms. The molecule has 1 N–H and O–H groups in total. The zero-order valence-electron chi connectivity index (χ0n) is 13.9. The third kappa shape index (κ3) is 4.32. The number of aromatic nitrogens is 1. The van der Waals surface area contributed by atoms with Crippen molar-refractivity contribution in [1.82, 2.24) is 14.8 Å². The van der Waals surface area contributed by atoms with Gasteiger partial charge in [-0.3, -0.25) is 0 Å². The molecule has 116 valence electrons. The molecule has 1 aromatic carbocycles. The summed E-state index contributed by atoms with van der Waals surface area (Å²) in [6.45, 7) is 14.2. The summed E-state index contributed by atoms with van der Waals surface area (Å²) in [7, 11) is 0. The van der Waals surface area contributed by atoms with Crippen molar-refractivity contribution in [2.75, 3.05) is 19.6 Å². The van der Waals surface area contributed by atoms with Gasteiger partial charge < -0.3 is 14.8 Å². The smallest absolute Gasteiger partial charge is 0.0483 e. The number of hydrogen-bond donors (Lipinski definition) is 1. The molecular formula is C18H29N3. The fourth-order valence-electron chi connectivity index (χ4n) is 2.65. The highest BCUT2D eigenvalue weighted by Crippen LogP contribution is 2.18. The maximum absolute atomic E-state index is 3.49. The van der Waals surface area contributed by atoms with Crippen molar-refractivity contribution in [3.63, 3.8) is 0 Å². The standard InChI is InChI=1S/C18H29N3/c1-5-20(6-2)11-12-21-10-9-17-8-7-16(13-18(17)21)14-19-15(3)4/h7-10,13,15,19H,5-6,11-12,14H2,1-4H3. The van der Waals surface area contributed by atoms with Crippen LogP contribution in [0.2, 0.25) is 0 Å². The van der Waals surface area contributed by atoms with Gasteiger partial charge in [0.15, 0.2) is 0 Å². The van der Waals surface area contributed by atoms with Crippen molar-refractivity contribution in [2.24, 2.45) is 0 Å². The van der Waals surface area contributed by atoms with E-state index in [4.69, 9.17) is 0 Å². The van der Waals surface area contributed by atoms with Gasteiger partial charge >= 0.3 is 0 Å². The monoisotopic (exact) mass is 287 g/mol. The highest BCUT2D eigenvalue weighted by atomic mass is 15.1. The van der Waals surface area contributed by atoms with Gasteiger partial charge in [0.1, 0.15) is 0 Å². The number of rotatable bonds is 8. The Hall–Kier alpha value is -1.32. The van der Waals surface area contributed by atoms with Gasteiger partial charge in [0.25, 0.3) is 0 Å². The van der Waals surface area contributed by atoms with Crippen molar-refractivity contribution in [1.29, 1.82) is 0 Å². The topological polar surface area (TPSA) is 20.2 Å². The van der Waals surface area contributed by atoms with E-state index in [1.165, 1.54) is 16.5 Å². The van der Waals surface area contributed by atoms with Crippen LogP contribution in [0, 0.1) is 0 Å². The lowest BCUT2D eigenvalue weighted by atomic mass is 10.1. The Morgan fingerprint density at radius 1 is 1.14 bits per heavy atom. The van der Waals surface area contributed by atoms with Crippen LogP contribution in [0.15, 0.2) is 30.5 Å². The SMILES string of the molecule is CCN(CC)CCn1ccc2ccc(CNC(C)C)cc21. The Morgan fingerprint density at radius 2 is 1.90 bits per heavy atom. The second-order valence-electron chi connectivity index (χ2n) is 5.96. The van der Waals surface area contributed by atoms with Gasteiger partial charge in [-0.1, -0.05) is 39.8 Å². The molecule has 0 aliphatic carbocycles. The molecule has 0 aliphatic rings. The first-order valence-corrected chi connectivity index (χ1v) is 8.17. The average Bonchev–Trinajstić information content (AvgIpc) is 2.89. The molecule has 3 nitrogen and oxygen atoms in total. The highest BCUT2D eigenvalue weighted by molar-refractivity contribution is 5.80. The Bertz CT molecular complexity index is 553. The van der Waals surface area contributed by atoms with Crippen LogP contribution in [0.3, 0.4) is 0 Å². The predicted octanol–water partition coefficient (Wildman–Crippen LogP) is 3.48. The average molecular weight is 287 g/mol. The number of nitrogens with zero attached hydrogens (tertiary/aromatic N) is 2. The minimum Gasteiger partial charge on any atom is -0.346 e. The second kappa shape index (κ2) is 7.62. The number of fused-ring (bicyclic) bond motifs is 1. The predicted molar refractivity (Wildman–Crippen MR) is 91.7 cm³/mol. The number of nitrogens with one attached hydrogen (secondary N) is 1. The molecule has 0 atom stereocenters. The summed E-state index contributed by atoms with van der Waals surface area (Å²) in [5, 5.41) is 4.83. The molecule has 0 unspecified atom stereocenters. The molecule has 21 heavy (non-hydrogen) atoms. The molecule has 0 radical (unpaired) electrons.